The zero-order valence-corrected chi connectivity index (χ0v) is 13.8. The number of nitrogens with zero attached hydrogens (tertiary/aromatic N) is 1. The fourth-order valence-electron chi connectivity index (χ4n) is 4.10. The van der Waals surface area contributed by atoms with Gasteiger partial charge in [-0.2, -0.15) is 11.8 Å². The largest absolute Gasteiger partial charge is 0.469 e. The lowest BCUT2D eigenvalue weighted by atomic mass is 9.83. The molecule has 0 aromatic heterocycles. The summed E-state index contributed by atoms with van der Waals surface area (Å²) in [4.78, 5) is 14.4. The molecule has 120 valence electrons. The van der Waals surface area contributed by atoms with E-state index in [-0.39, 0.29) is 17.5 Å². The first-order chi connectivity index (χ1) is 10.2. The highest BCUT2D eigenvalue weighted by Gasteiger charge is 2.41. The van der Waals surface area contributed by atoms with Crippen LogP contribution in [0.1, 0.15) is 38.5 Å². The molecule has 0 aromatic rings. The summed E-state index contributed by atoms with van der Waals surface area (Å²) >= 11 is 2.05. The Balaban J connectivity index is 1.61. The van der Waals surface area contributed by atoms with Crippen molar-refractivity contribution in [3.05, 3.63) is 0 Å². The molecule has 2 atom stereocenters. The molecule has 3 aliphatic rings. The van der Waals surface area contributed by atoms with Gasteiger partial charge in [-0.15, -0.1) is 0 Å². The molecule has 2 unspecified atom stereocenters. The van der Waals surface area contributed by atoms with E-state index in [9.17, 15) is 4.79 Å². The van der Waals surface area contributed by atoms with E-state index in [1.165, 1.54) is 31.5 Å². The predicted octanol–water partition coefficient (Wildman–Crippen LogP) is 2.32. The summed E-state index contributed by atoms with van der Waals surface area (Å²) in [5, 5.41) is 0. The van der Waals surface area contributed by atoms with E-state index < -0.39 is 0 Å². The molecule has 3 rings (SSSR count). The average molecular weight is 313 g/mol. The van der Waals surface area contributed by atoms with Crippen LogP contribution in [0, 0.1) is 5.92 Å². The van der Waals surface area contributed by atoms with Crippen molar-refractivity contribution in [3.63, 3.8) is 0 Å². The Morgan fingerprint density at radius 2 is 2.14 bits per heavy atom. The van der Waals surface area contributed by atoms with Crippen LogP contribution in [0.3, 0.4) is 0 Å². The SMILES string of the molecule is COC(=O)C1CCCN(C2CCOC3(CCSCC3)C2)C1. The fourth-order valence-corrected chi connectivity index (χ4v) is 5.34. The molecular formula is C16H27NO3S. The second kappa shape index (κ2) is 6.88. The number of carbonyl (C=O) groups is 1. The zero-order chi connectivity index (χ0) is 14.7. The second-order valence-electron chi connectivity index (χ2n) is 6.65. The maximum absolute atomic E-state index is 11.8. The summed E-state index contributed by atoms with van der Waals surface area (Å²) in [6.07, 6.45) is 6.75. The lowest BCUT2D eigenvalue weighted by Gasteiger charge is -2.47. The van der Waals surface area contributed by atoms with Crippen molar-refractivity contribution in [3.8, 4) is 0 Å². The van der Waals surface area contributed by atoms with Crippen LogP contribution in [0.15, 0.2) is 0 Å². The summed E-state index contributed by atoms with van der Waals surface area (Å²) in [7, 11) is 1.50. The maximum atomic E-state index is 11.8. The molecule has 0 amide bonds. The molecule has 0 aliphatic carbocycles. The first-order valence-electron chi connectivity index (χ1n) is 8.26. The smallest absolute Gasteiger partial charge is 0.309 e. The molecular weight excluding hydrogens is 286 g/mol. The van der Waals surface area contributed by atoms with Crippen LogP contribution in [0.5, 0.6) is 0 Å². The normalized spacial score (nSPS) is 33.8. The van der Waals surface area contributed by atoms with Crippen LogP contribution in [-0.4, -0.2) is 60.8 Å². The lowest BCUT2D eigenvalue weighted by molar-refractivity contribution is -0.149. The van der Waals surface area contributed by atoms with Gasteiger partial charge >= 0.3 is 5.97 Å². The molecule has 0 N–H and O–H groups in total. The van der Waals surface area contributed by atoms with E-state index in [4.69, 9.17) is 9.47 Å². The van der Waals surface area contributed by atoms with E-state index in [1.54, 1.807) is 0 Å². The standard InChI is InChI=1S/C16H27NO3S/c1-19-15(18)13-3-2-7-17(12-13)14-4-8-20-16(11-14)5-9-21-10-6-16/h13-14H,2-12H2,1H3. The number of rotatable bonds is 2. The molecule has 21 heavy (non-hydrogen) atoms. The van der Waals surface area contributed by atoms with Gasteiger partial charge in [-0.3, -0.25) is 9.69 Å². The van der Waals surface area contributed by atoms with Crippen molar-refractivity contribution >= 4 is 17.7 Å². The Kier molecular flexibility index (Phi) is 5.12. The van der Waals surface area contributed by atoms with Crippen molar-refractivity contribution in [2.45, 2.75) is 50.2 Å². The maximum Gasteiger partial charge on any atom is 0.309 e. The molecule has 3 saturated heterocycles. The average Bonchev–Trinajstić information content (AvgIpc) is 2.55. The molecule has 0 aromatic carbocycles. The molecule has 4 nitrogen and oxygen atoms in total. The van der Waals surface area contributed by atoms with Gasteiger partial charge in [0.1, 0.15) is 0 Å². The van der Waals surface area contributed by atoms with Crippen LogP contribution in [0.2, 0.25) is 0 Å². The first-order valence-corrected chi connectivity index (χ1v) is 9.41. The summed E-state index contributed by atoms with van der Waals surface area (Å²) < 4.78 is 11.1. The van der Waals surface area contributed by atoms with Gasteiger partial charge in [0.05, 0.1) is 18.6 Å². The summed E-state index contributed by atoms with van der Waals surface area (Å²) in [6, 6.07) is 0.592. The van der Waals surface area contributed by atoms with Gasteiger partial charge in [0, 0.05) is 19.2 Å². The van der Waals surface area contributed by atoms with Gasteiger partial charge in [0.25, 0.3) is 0 Å². The second-order valence-corrected chi connectivity index (χ2v) is 7.87. The number of hydrogen-bond acceptors (Lipinski definition) is 5. The molecule has 3 aliphatic heterocycles. The Morgan fingerprint density at radius 1 is 1.33 bits per heavy atom. The Hall–Kier alpha value is -0.260. The van der Waals surface area contributed by atoms with E-state index in [2.05, 4.69) is 16.7 Å². The molecule has 1 spiro atoms. The fraction of sp³-hybridized carbons (Fsp3) is 0.938. The van der Waals surface area contributed by atoms with Gasteiger partial charge in [-0.05, 0) is 56.6 Å². The number of methoxy groups -OCH3 is 1. The highest BCUT2D eigenvalue weighted by molar-refractivity contribution is 7.99. The Labute approximate surface area is 131 Å². The highest BCUT2D eigenvalue weighted by atomic mass is 32.2. The van der Waals surface area contributed by atoms with Crippen molar-refractivity contribution in [1.29, 1.82) is 0 Å². The molecule has 0 saturated carbocycles. The molecule has 0 bridgehead atoms. The molecule has 3 heterocycles. The first kappa shape index (κ1) is 15.6. The van der Waals surface area contributed by atoms with E-state index in [0.717, 1.165) is 45.4 Å². The summed E-state index contributed by atoms with van der Waals surface area (Å²) in [6.45, 7) is 2.89. The zero-order valence-electron chi connectivity index (χ0n) is 13.0. The van der Waals surface area contributed by atoms with Crippen molar-refractivity contribution in [2.75, 3.05) is 38.3 Å². The van der Waals surface area contributed by atoms with Crippen molar-refractivity contribution in [2.24, 2.45) is 5.92 Å². The quantitative estimate of drug-likeness (QED) is 0.732. The van der Waals surface area contributed by atoms with Crippen LogP contribution in [-0.2, 0) is 14.3 Å². The minimum atomic E-state index is -0.0319. The minimum Gasteiger partial charge on any atom is -0.469 e. The topological polar surface area (TPSA) is 38.8 Å². The van der Waals surface area contributed by atoms with Gasteiger partial charge in [0.2, 0.25) is 0 Å². The van der Waals surface area contributed by atoms with Crippen molar-refractivity contribution < 1.29 is 14.3 Å². The number of ether oxygens (including phenoxy) is 2. The number of esters is 1. The lowest BCUT2D eigenvalue weighted by Crippen LogP contribution is -2.53. The summed E-state index contributed by atoms with van der Waals surface area (Å²) in [5.41, 5.74) is 0.131. The third kappa shape index (κ3) is 3.57. The Morgan fingerprint density at radius 3 is 2.90 bits per heavy atom. The highest BCUT2D eigenvalue weighted by Crippen LogP contribution is 2.39. The molecule has 0 radical (unpaired) electrons. The van der Waals surface area contributed by atoms with Crippen LogP contribution >= 0.6 is 11.8 Å². The minimum absolute atomic E-state index is 0.0319. The van der Waals surface area contributed by atoms with E-state index in [0.29, 0.717) is 6.04 Å². The third-order valence-corrected chi connectivity index (χ3v) is 6.36. The number of piperidine rings is 1. The number of likely N-dealkylation sites (tertiary alicyclic amines) is 1. The van der Waals surface area contributed by atoms with E-state index >= 15 is 0 Å². The molecule has 5 heteroatoms. The van der Waals surface area contributed by atoms with Gasteiger partial charge in [-0.25, -0.2) is 0 Å². The van der Waals surface area contributed by atoms with Gasteiger partial charge in [0.15, 0.2) is 0 Å². The van der Waals surface area contributed by atoms with Crippen LogP contribution in [0.4, 0.5) is 0 Å². The molecule has 3 fully saturated rings. The number of thioether (sulfide) groups is 1. The van der Waals surface area contributed by atoms with E-state index in [1.807, 2.05) is 0 Å². The number of carbonyl (C=O) groups excluding carboxylic acids is 1. The third-order valence-electron chi connectivity index (χ3n) is 5.37. The van der Waals surface area contributed by atoms with Crippen LogP contribution < -0.4 is 0 Å². The number of hydrogen-bond donors (Lipinski definition) is 0. The Bertz CT molecular complexity index is 365. The van der Waals surface area contributed by atoms with Gasteiger partial charge < -0.3 is 9.47 Å². The van der Waals surface area contributed by atoms with Crippen LogP contribution in [0.25, 0.3) is 0 Å². The van der Waals surface area contributed by atoms with Crippen molar-refractivity contribution in [1.82, 2.24) is 4.90 Å². The monoisotopic (exact) mass is 313 g/mol. The van der Waals surface area contributed by atoms with Gasteiger partial charge in [-0.1, -0.05) is 0 Å². The summed E-state index contributed by atoms with van der Waals surface area (Å²) in [5.74, 6) is 2.51. The predicted molar refractivity (Wildman–Crippen MR) is 84.6 cm³/mol.